The van der Waals surface area contributed by atoms with E-state index in [1.807, 2.05) is 0 Å². The van der Waals surface area contributed by atoms with E-state index in [2.05, 4.69) is 20.8 Å². The molecular weight excluding hydrogens is 176 g/mol. The number of hydrogen-bond donors (Lipinski definition) is 0. The highest BCUT2D eigenvalue weighted by Crippen LogP contribution is 2.28. The van der Waals surface area contributed by atoms with E-state index in [0.717, 1.165) is 26.1 Å². The van der Waals surface area contributed by atoms with Crippen LogP contribution >= 0.6 is 0 Å². The van der Waals surface area contributed by atoms with Gasteiger partial charge in [0, 0.05) is 19.1 Å². The third-order valence-corrected chi connectivity index (χ3v) is 2.54. The quantitative estimate of drug-likeness (QED) is 0.677. The smallest absolute Gasteiger partial charge is 0.160 e. The standard InChI is InChI=1S/C12H23O2/c1-4-7-13-12-11(9-10(2)3)6-5-8-14-12/h11-12H,4-9H2,1-3H3. The van der Waals surface area contributed by atoms with E-state index in [1.165, 1.54) is 18.8 Å². The maximum atomic E-state index is 5.71. The van der Waals surface area contributed by atoms with Gasteiger partial charge in [-0.05, 0) is 31.6 Å². The van der Waals surface area contributed by atoms with Crippen LogP contribution in [0.5, 0.6) is 0 Å². The summed E-state index contributed by atoms with van der Waals surface area (Å²) < 4.78 is 11.4. The van der Waals surface area contributed by atoms with Gasteiger partial charge in [-0.3, -0.25) is 0 Å². The zero-order chi connectivity index (χ0) is 10.4. The van der Waals surface area contributed by atoms with Gasteiger partial charge >= 0.3 is 0 Å². The third kappa shape index (κ3) is 3.97. The Morgan fingerprint density at radius 3 is 2.86 bits per heavy atom. The molecular formula is C12H23O2. The topological polar surface area (TPSA) is 18.5 Å². The predicted octanol–water partition coefficient (Wildman–Crippen LogP) is 3.17. The SMILES string of the molecule is CCCOC1OCCCC1C[C](C)C. The van der Waals surface area contributed by atoms with Crippen LogP contribution < -0.4 is 0 Å². The lowest BCUT2D eigenvalue weighted by Gasteiger charge is -2.32. The Labute approximate surface area is 88.0 Å². The number of hydrogen-bond acceptors (Lipinski definition) is 2. The zero-order valence-electron chi connectivity index (χ0n) is 9.71. The summed E-state index contributed by atoms with van der Waals surface area (Å²) in [4.78, 5) is 0. The first-order valence-corrected chi connectivity index (χ1v) is 5.76. The molecule has 2 atom stereocenters. The van der Waals surface area contributed by atoms with Crippen molar-refractivity contribution in [2.45, 2.75) is 52.7 Å². The van der Waals surface area contributed by atoms with Crippen LogP contribution in [0.4, 0.5) is 0 Å². The highest BCUT2D eigenvalue weighted by atomic mass is 16.7. The largest absolute Gasteiger partial charge is 0.352 e. The minimum absolute atomic E-state index is 0.0543. The fourth-order valence-corrected chi connectivity index (χ4v) is 1.96. The summed E-state index contributed by atoms with van der Waals surface area (Å²) in [7, 11) is 0. The van der Waals surface area contributed by atoms with Gasteiger partial charge in [-0.2, -0.15) is 0 Å². The molecule has 0 amide bonds. The van der Waals surface area contributed by atoms with Crippen molar-refractivity contribution in [3.63, 3.8) is 0 Å². The lowest BCUT2D eigenvalue weighted by atomic mass is 9.91. The molecule has 1 saturated heterocycles. The monoisotopic (exact) mass is 199 g/mol. The van der Waals surface area contributed by atoms with Crippen molar-refractivity contribution in [1.29, 1.82) is 0 Å². The lowest BCUT2D eigenvalue weighted by Crippen LogP contribution is -2.33. The van der Waals surface area contributed by atoms with E-state index in [-0.39, 0.29) is 6.29 Å². The van der Waals surface area contributed by atoms with Crippen molar-refractivity contribution >= 4 is 0 Å². The molecule has 0 bridgehead atoms. The average molecular weight is 199 g/mol. The van der Waals surface area contributed by atoms with Crippen molar-refractivity contribution in [3.05, 3.63) is 5.92 Å². The van der Waals surface area contributed by atoms with E-state index in [4.69, 9.17) is 9.47 Å². The Morgan fingerprint density at radius 2 is 2.21 bits per heavy atom. The van der Waals surface area contributed by atoms with E-state index in [1.54, 1.807) is 0 Å². The van der Waals surface area contributed by atoms with Crippen LogP contribution in [0.1, 0.15) is 46.5 Å². The molecule has 1 fully saturated rings. The van der Waals surface area contributed by atoms with Crippen molar-refractivity contribution in [3.8, 4) is 0 Å². The first kappa shape index (κ1) is 12.0. The highest BCUT2D eigenvalue weighted by Gasteiger charge is 2.26. The molecule has 1 heterocycles. The van der Waals surface area contributed by atoms with Crippen LogP contribution in [0.3, 0.4) is 0 Å². The molecule has 2 nitrogen and oxygen atoms in total. The van der Waals surface area contributed by atoms with Crippen molar-refractivity contribution in [1.82, 2.24) is 0 Å². The highest BCUT2D eigenvalue weighted by molar-refractivity contribution is 4.83. The van der Waals surface area contributed by atoms with Gasteiger partial charge in [0.25, 0.3) is 0 Å². The van der Waals surface area contributed by atoms with Gasteiger partial charge in [-0.15, -0.1) is 0 Å². The normalized spacial score (nSPS) is 28.3. The van der Waals surface area contributed by atoms with Crippen LogP contribution in [-0.4, -0.2) is 19.5 Å². The molecule has 1 aliphatic heterocycles. The van der Waals surface area contributed by atoms with E-state index in [0.29, 0.717) is 5.92 Å². The first-order chi connectivity index (χ1) is 6.74. The summed E-state index contributed by atoms with van der Waals surface area (Å²) in [6.07, 6.45) is 4.71. The van der Waals surface area contributed by atoms with E-state index < -0.39 is 0 Å². The second-order valence-electron chi connectivity index (χ2n) is 4.42. The van der Waals surface area contributed by atoms with Gasteiger partial charge in [-0.1, -0.05) is 20.8 Å². The van der Waals surface area contributed by atoms with Gasteiger partial charge in [0.2, 0.25) is 0 Å². The minimum Gasteiger partial charge on any atom is -0.352 e. The Balaban J connectivity index is 2.33. The molecule has 0 N–H and O–H groups in total. The Kier molecular flexibility index (Phi) is 5.49. The molecule has 1 aliphatic rings. The molecule has 0 aromatic rings. The van der Waals surface area contributed by atoms with Crippen LogP contribution in [0.15, 0.2) is 0 Å². The second kappa shape index (κ2) is 6.41. The maximum Gasteiger partial charge on any atom is 0.160 e. The first-order valence-electron chi connectivity index (χ1n) is 5.76. The summed E-state index contributed by atoms with van der Waals surface area (Å²) in [5.41, 5.74) is 0. The van der Waals surface area contributed by atoms with Crippen LogP contribution in [0.25, 0.3) is 0 Å². The molecule has 0 spiro atoms. The number of rotatable bonds is 5. The van der Waals surface area contributed by atoms with Crippen molar-refractivity contribution in [2.24, 2.45) is 5.92 Å². The fourth-order valence-electron chi connectivity index (χ4n) is 1.96. The van der Waals surface area contributed by atoms with Crippen LogP contribution in [0.2, 0.25) is 0 Å². The summed E-state index contributed by atoms with van der Waals surface area (Å²) >= 11 is 0. The van der Waals surface area contributed by atoms with E-state index in [9.17, 15) is 0 Å². The molecule has 0 saturated carbocycles. The molecule has 14 heavy (non-hydrogen) atoms. The Hall–Kier alpha value is -0.0800. The van der Waals surface area contributed by atoms with Gasteiger partial charge < -0.3 is 9.47 Å². The molecule has 0 aromatic carbocycles. The third-order valence-electron chi connectivity index (χ3n) is 2.54. The Morgan fingerprint density at radius 1 is 1.43 bits per heavy atom. The van der Waals surface area contributed by atoms with Gasteiger partial charge in [-0.25, -0.2) is 0 Å². The predicted molar refractivity (Wildman–Crippen MR) is 57.9 cm³/mol. The molecule has 0 aromatic heterocycles. The molecule has 2 unspecified atom stereocenters. The minimum atomic E-state index is 0.0543. The summed E-state index contributed by atoms with van der Waals surface area (Å²) in [6.45, 7) is 8.20. The zero-order valence-corrected chi connectivity index (χ0v) is 9.71. The van der Waals surface area contributed by atoms with Gasteiger partial charge in [0.15, 0.2) is 6.29 Å². The lowest BCUT2D eigenvalue weighted by molar-refractivity contribution is -0.193. The fraction of sp³-hybridized carbons (Fsp3) is 0.917. The number of ether oxygens (including phenoxy) is 2. The summed E-state index contributed by atoms with van der Waals surface area (Å²) in [5, 5.41) is 0. The van der Waals surface area contributed by atoms with Crippen molar-refractivity contribution in [2.75, 3.05) is 13.2 Å². The molecule has 83 valence electrons. The molecule has 1 radical (unpaired) electrons. The molecule has 0 aliphatic carbocycles. The van der Waals surface area contributed by atoms with Crippen LogP contribution in [-0.2, 0) is 9.47 Å². The molecule has 1 rings (SSSR count). The summed E-state index contributed by atoms with van der Waals surface area (Å²) in [5.74, 6) is 2.06. The molecule has 2 heteroatoms. The Bertz CT molecular complexity index is 145. The summed E-state index contributed by atoms with van der Waals surface area (Å²) in [6, 6.07) is 0. The van der Waals surface area contributed by atoms with Gasteiger partial charge in [0.1, 0.15) is 0 Å². The maximum absolute atomic E-state index is 5.71. The van der Waals surface area contributed by atoms with E-state index >= 15 is 0 Å². The second-order valence-corrected chi connectivity index (χ2v) is 4.42. The average Bonchev–Trinajstić information content (AvgIpc) is 2.16. The van der Waals surface area contributed by atoms with Crippen molar-refractivity contribution < 1.29 is 9.47 Å². The van der Waals surface area contributed by atoms with Crippen LogP contribution in [0, 0.1) is 11.8 Å². The van der Waals surface area contributed by atoms with Gasteiger partial charge in [0.05, 0.1) is 0 Å².